The van der Waals surface area contributed by atoms with Crippen LogP contribution in [0.3, 0.4) is 0 Å². The molecular formula is C20H20ClN3O3S. The molecular weight excluding hydrogens is 398 g/mol. The predicted octanol–water partition coefficient (Wildman–Crippen LogP) is 3.62. The average Bonchev–Trinajstić information content (AvgIpc) is 2.63. The van der Waals surface area contributed by atoms with Crippen molar-refractivity contribution in [2.24, 2.45) is 5.92 Å². The van der Waals surface area contributed by atoms with Gasteiger partial charge >= 0.3 is 0 Å². The molecule has 3 atom stereocenters. The zero-order valence-electron chi connectivity index (χ0n) is 15.4. The van der Waals surface area contributed by atoms with Gasteiger partial charge in [-0.25, -0.2) is 0 Å². The van der Waals surface area contributed by atoms with Gasteiger partial charge in [0.15, 0.2) is 22.3 Å². The lowest BCUT2D eigenvalue weighted by Gasteiger charge is -2.50. The highest BCUT2D eigenvalue weighted by Crippen LogP contribution is 2.48. The zero-order valence-corrected chi connectivity index (χ0v) is 17.0. The minimum Gasteiger partial charge on any atom is -0.490 e. The summed E-state index contributed by atoms with van der Waals surface area (Å²) < 4.78 is 12.0. The van der Waals surface area contributed by atoms with Crippen molar-refractivity contribution in [1.82, 2.24) is 10.6 Å². The maximum atomic E-state index is 13.2. The van der Waals surface area contributed by atoms with Crippen molar-refractivity contribution in [3.8, 4) is 11.5 Å². The summed E-state index contributed by atoms with van der Waals surface area (Å²) in [5.74, 6) is 0.503. The Balaban J connectivity index is 1.72. The summed E-state index contributed by atoms with van der Waals surface area (Å²) in [5, 5.41) is 10.3. The molecule has 2 bridgehead atoms. The van der Waals surface area contributed by atoms with Gasteiger partial charge in [-0.05, 0) is 56.4 Å². The quantitative estimate of drug-likeness (QED) is 0.660. The van der Waals surface area contributed by atoms with Gasteiger partial charge in [-0.2, -0.15) is 0 Å². The Morgan fingerprint density at radius 3 is 2.79 bits per heavy atom. The van der Waals surface area contributed by atoms with Gasteiger partial charge in [0.25, 0.3) is 0 Å². The first kappa shape index (κ1) is 18.8. The molecule has 3 N–H and O–H groups in total. The monoisotopic (exact) mass is 417 g/mol. The lowest BCUT2D eigenvalue weighted by Crippen LogP contribution is -2.70. The van der Waals surface area contributed by atoms with Crippen LogP contribution in [0.2, 0.25) is 5.02 Å². The molecule has 2 aliphatic heterocycles. The van der Waals surface area contributed by atoms with Crippen LogP contribution >= 0.6 is 23.8 Å². The Morgan fingerprint density at radius 2 is 2.07 bits per heavy atom. The lowest BCUT2D eigenvalue weighted by molar-refractivity contribution is -0.132. The third-order valence-corrected chi connectivity index (χ3v) is 5.40. The number of rotatable bonds is 4. The summed E-state index contributed by atoms with van der Waals surface area (Å²) in [6.45, 7) is 4.25. The van der Waals surface area contributed by atoms with Gasteiger partial charge in [0.05, 0.1) is 12.6 Å². The number of carbonyl (C=O) groups is 1. The van der Waals surface area contributed by atoms with Crippen molar-refractivity contribution >= 4 is 40.5 Å². The molecule has 2 heterocycles. The second-order valence-corrected chi connectivity index (χ2v) is 7.71. The Bertz CT molecular complexity index is 937. The van der Waals surface area contributed by atoms with E-state index in [1.54, 1.807) is 24.3 Å². The molecule has 0 unspecified atom stereocenters. The van der Waals surface area contributed by atoms with Gasteiger partial charge < -0.3 is 25.4 Å². The summed E-state index contributed by atoms with van der Waals surface area (Å²) in [6, 6.07) is 12.3. The van der Waals surface area contributed by atoms with E-state index < -0.39 is 11.6 Å². The van der Waals surface area contributed by atoms with Gasteiger partial charge in [0, 0.05) is 16.3 Å². The molecule has 2 aromatic rings. The minimum atomic E-state index is -1.02. The molecule has 1 fully saturated rings. The Morgan fingerprint density at radius 1 is 1.32 bits per heavy atom. The van der Waals surface area contributed by atoms with E-state index in [-0.39, 0.29) is 11.9 Å². The third-order valence-electron chi connectivity index (χ3n) is 4.93. The van der Waals surface area contributed by atoms with Gasteiger partial charge in [0.2, 0.25) is 5.91 Å². The number of amides is 1. The lowest BCUT2D eigenvalue weighted by atomic mass is 9.79. The van der Waals surface area contributed by atoms with Gasteiger partial charge in [-0.15, -0.1) is 0 Å². The third kappa shape index (κ3) is 3.25. The predicted molar refractivity (Wildman–Crippen MR) is 112 cm³/mol. The van der Waals surface area contributed by atoms with Crippen LogP contribution in [0.1, 0.15) is 25.5 Å². The molecule has 0 aromatic heterocycles. The molecule has 0 spiro atoms. The van der Waals surface area contributed by atoms with Gasteiger partial charge in [0.1, 0.15) is 5.92 Å². The number of thiocarbonyl (C=S) groups is 1. The van der Waals surface area contributed by atoms with E-state index in [0.717, 1.165) is 5.56 Å². The van der Waals surface area contributed by atoms with Gasteiger partial charge in [-0.1, -0.05) is 23.7 Å². The molecule has 0 aliphatic carbocycles. The van der Waals surface area contributed by atoms with Crippen LogP contribution in [0.25, 0.3) is 0 Å². The molecule has 1 amide bonds. The van der Waals surface area contributed by atoms with E-state index in [1.165, 1.54) is 0 Å². The number of hydrogen-bond acceptors (Lipinski definition) is 4. The van der Waals surface area contributed by atoms with E-state index >= 15 is 0 Å². The maximum absolute atomic E-state index is 13.2. The number of hydrogen-bond donors (Lipinski definition) is 3. The van der Waals surface area contributed by atoms with Crippen LogP contribution in [0.15, 0.2) is 42.5 Å². The topological polar surface area (TPSA) is 71.6 Å². The first-order valence-corrected chi connectivity index (χ1v) is 9.80. The number of ether oxygens (including phenoxy) is 2. The smallest absolute Gasteiger partial charge is 0.236 e. The van der Waals surface area contributed by atoms with Crippen molar-refractivity contribution in [3.63, 3.8) is 0 Å². The van der Waals surface area contributed by atoms with E-state index in [9.17, 15) is 4.79 Å². The first-order chi connectivity index (χ1) is 13.4. The fourth-order valence-corrected chi connectivity index (χ4v) is 4.21. The fraction of sp³-hybridized carbons (Fsp3) is 0.300. The van der Waals surface area contributed by atoms with Crippen LogP contribution < -0.4 is 25.4 Å². The molecule has 146 valence electrons. The summed E-state index contributed by atoms with van der Waals surface area (Å²) in [4.78, 5) is 13.2. The first-order valence-electron chi connectivity index (χ1n) is 9.01. The summed E-state index contributed by atoms with van der Waals surface area (Å²) in [5.41, 5.74) is 0.472. The van der Waals surface area contributed by atoms with Crippen molar-refractivity contribution in [2.45, 2.75) is 25.6 Å². The Labute approximate surface area is 173 Å². The summed E-state index contributed by atoms with van der Waals surface area (Å²) >= 11 is 11.3. The summed E-state index contributed by atoms with van der Waals surface area (Å²) in [7, 11) is 0. The minimum absolute atomic E-state index is 0.190. The van der Waals surface area contributed by atoms with Crippen molar-refractivity contribution < 1.29 is 14.3 Å². The van der Waals surface area contributed by atoms with E-state index in [4.69, 9.17) is 33.3 Å². The van der Waals surface area contributed by atoms with Crippen LogP contribution in [0, 0.1) is 5.92 Å². The van der Waals surface area contributed by atoms with E-state index in [0.29, 0.717) is 33.9 Å². The maximum Gasteiger partial charge on any atom is 0.236 e. The fourth-order valence-electron chi connectivity index (χ4n) is 3.75. The molecule has 0 saturated carbocycles. The van der Waals surface area contributed by atoms with Gasteiger partial charge in [-0.3, -0.25) is 4.79 Å². The Kier molecular flexibility index (Phi) is 4.81. The molecule has 0 radical (unpaired) electrons. The number of nitrogens with one attached hydrogen (secondary N) is 3. The number of carbonyl (C=O) groups excluding carboxylic acids is 1. The highest BCUT2D eigenvalue weighted by atomic mass is 35.5. The van der Waals surface area contributed by atoms with Crippen molar-refractivity contribution in [3.05, 3.63) is 53.1 Å². The van der Waals surface area contributed by atoms with E-state index in [2.05, 4.69) is 16.0 Å². The molecule has 2 aliphatic rings. The Hall–Kier alpha value is -2.51. The van der Waals surface area contributed by atoms with E-state index in [1.807, 2.05) is 32.0 Å². The van der Waals surface area contributed by atoms with Crippen LogP contribution in [-0.2, 0) is 4.79 Å². The number of benzene rings is 2. The highest BCUT2D eigenvalue weighted by Gasteiger charge is 2.55. The molecule has 8 heteroatoms. The molecule has 2 aromatic carbocycles. The zero-order chi connectivity index (χ0) is 19.9. The summed E-state index contributed by atoms with van der Waals surface area (Å²) in [6.07, 6.45) is 0. The molecule has 28 heavy (non-hydrogen) atoms. The van der Waals surface area contributed by atoms with Crippen molar-refractivity contribution in [1.29, 1.82) is 0 Å². The second-order valence-electron chi connectivity index (χ2n) is 6.87. The number of halogens is 1. The number of para-hydroxylation sites is 1. The van der Waals surface area contributed by atoms with Crippen LogP contribution in [-0.4, -0.2) is 23.4 Å². The normalized spacial score (nSPS) is 24.9. The molecule has 4 rings (SSSR count). The molecule has 6 nitrogen and oxygen atoms in total. The van der Waals surface area contributed by atoms with Crippen LogP contribution in [0.5, 0.6) is 11.5 Å². The number of anilines is 1. The number of fused-ring (bicyclic) bond motifs is 4. The second kappa shape index (κ2) is 7.14. The highest BCUT2D eigenvalue weighted by molar-refractivity contribution is 7.80. The molecule has 1 saturated heterocycles. The standard InChI is InChI=1S/C20H20ClN3O3S/c1-3-26-14-6-4-5-13-16-15(18(25)22-12-9-7-11(21)8-10-12)20(2,27-17(13)14)24-19(28)23-16/h4-10,15-16H,3H2,1-2H3,(H,22,25)(H2,23,24,28)/t15-,16+,20+/m0/s1. The largest absolute Gasteiger partial charge is 0.490 e. The van der Waals surface area contributed by atoms with Crippen molar-refractivity contribution in [2.75, 3.05) is 11.9 Å². The van der Waals surface area contributed by atoms with Crippen LogP contribution in [0.4, 0.5) is 5.69 Å². The average molecular weight is 418 g/mol. The SMILES string of the molecule is CCOc1cccc2c1O[C@@]1(C)NC(=S)N[C@H]2[C@H]1C(=O)Nc1ccc(Cl)cc1.